The van der Waals surface area contributed by atoms with E-state index in [-0.39, 0.29) is 18.1 Å². The summed E-state index contributed by atoms with van der Waals surface area (Å²) in [6.45, 7) is 1.54. The third-order valence-electron chi connectivity index (χ3n) is 4.60. The highest BCUT2D eigenvalue weighted by Gasteiger charge is 2.20. The summed E-state index contributed by atoms with van der Waals surface area (Å²) in [5, 5.41) is 0. The summed E-state index contributed by atoms with van der Waals surface area (Å²) in [7, 11) is 1.60. The van der Waals surface area contributed by atoms with Crippen molar-refractivity contribution in [3.63, 3.8) is 0 Å². The molecule has 0 saturated heterocycles. The van der Waals surface area contributed by atoms with E-state index >= 15 is 0 Å². The molecule has 7 nitrogen and oxygen atoms in total. The molecule has 3 aromatic rings. The molecule has 0 unspecified atom stereocenters. The van der Waals surface area contributed by atoms with E-state index in [2.05, 4.69) is 20.9 Å². The Hall–Kier alpha value is -2.84. The van der Waals surface area contributed by atoms with Crippen molar-refractivity contribution < 1.29 is 4.74 Å². The number of aromatic nitrogens is 2. The number of nitrogens with one attached hydrogen (secondary N) is 1. The van der Waals surface area contributed by atoms with Crippen LogP contribution in [0, 0.1) is 0 Å². The number of nitrogen functional groups attached to an aromatic ring is 1. The number of nitrogens with two attached hydrogens (primary N) is 1. The SMILES string of the molecule is COCCN(Cc1ccccc1Br)c1c(N)n(Cc2ccccc2)c(=O)[nH]c1=O. The van der Waals surface area contributed by atoms with Crippen molar-refractivity contribution in [2.45, 2.75) is 13.1 Å². The van der Waals surface area contributed by atoms with Crippen LogP contribution in [0.1, 0.15) is 11.1 Å². The van der Waals surface area contributed by atoms with Crippen molar-refractivity contribution in [2.24, 2.45) is 0 Å². The third kappa shape index (κ3) is 4.96. The molecular formula is C21H23BrN4O3. The van der Waals surface area contributed by atoms with E-state index in [0.717, 1.165) is 15.6 Å². The third-order valence-corrected chi connectivity index (χ3v) is 5.37. The summed E-state index contributed by atoms with van der Waals surface area (Å²) in [6.07, 6.45) is 0. The minimum absolute atomic E-state index is 0.130. The van der Waals surface area contributed by atoms with Gasteiger partial charge in [0.15, 0.2) is 0 Å². The van der Waals surface area contributed by atoms with Crippen LogP contribution in [0.3, 0.4) is 0 Å². The lowest BCUT2D eigenvalue weighted by Gasteiger charge is -2.26. The largest absolute Gasteiger partial charge is 0.383 e. The van der Waals surface area contributed by atoms with Crippen molar-refractivity contribution in [3.8, 4) is 0 Å². The summed E-state index contributed by atoms with van der Waals surface area (Å²) >= 11 is 3.54. The predicted octanol–water partition coefficient (Wildman–Crippen LogP) is 2.58. The number of halogens is 1. The van der Waals surface area contributed by atoms with Gasteiger partial charge in [0.1, 0.15) is 11.5 Å². The average molecular weight is 459 g/mol. The molecule has 0 bridgehead atoms. The van der Waals surface area contributed by atoms with Gasteiger partial charge in [-0.1, -0.05) is 64.5 Å². The number of hydrogen-bond acceptors (Lipinski definition) is 5. The molecular weight excluding hydrogens is 436 g/mol. The standard InChI is InChI=1S/C21H23BrN4O3/c1-29-12-11-25(14-16-9-5-6-10-17(16)22)18-19(23)26(21(28)24-20(18)27)13-15-7-3-2-4-8-15/h2-10H,11-14,23H2,1H3,(H,24,27,28). The number of benzene rings is 2. The van der Waals surface area contributed by atoms with Crippen LogP contribution in [0.2, 0.25) is 0 Å². The first-order valence-corrected chi connectivity index (χ1v) is 9.94. The first-order chi connectivity index (χ1) is 14.0. The second-order valence-electron chi connectivity index (χ2n) is 6.57. The van der Waals surface area contributed by atoms with Crippen LogP contribution in [0.4, 0.5) is 11.5 Å². The molecule has 0 fully saturated rings. The van der Waals surface area contributed by atoms with Crippen LogP contribution in [-0.4, -0.2) is 29.8 Å². The minimum Gasteiger partial charge on any atom is -0.383 e. The highest BCUT2D eigenvalue weighted by Crippen LogP contribution is 2.23. The number of anilines is 2. The van der Waals surface area contributed by atoms with Crippen LogP contribution < -0.4 is 21.9 Å². The van der Waals surface area contributed by atoms with E-state index in [4.69, 9.17) is 10.5 Å². The molecule has 0 aliphatic heterocycles. The Labute approximate surface area is 176 Å². The lowest BCUT2D eigenvalue weighted by atomic mass is 10.2. The van der Waals surface area contributed by atoms with Gasteiger partial charge in [-0.05, 0) is 17.2 Å². The smallest absolute Gasteiger partial charge is 0.330 e. The van der Waals surface area contributed by atoms with Gasteiger partial charge in [-0.2, -0.15) is 0 Å². The molecule has 29 heavy (non-hydrogen) atoms. The van der Waals surface area contributed by atoms with Crippen molar-refractivity contribution >= 4 is 27.4 Å². The van der Waals surface area contributed by atoms with Crippen LogP contribution in [0.25, 0.3) is 0 Å². The molecule has 0 aliphatic rings. The van der Waals surface area contributed by atoms with E-state index in [1.165, 1.54) is 4.57 Å². The van der Waals surface area contributed by atoms with Crippen LogP contribution >= 0.6 is 15.9 Å². The Morgan fingerprint density at radius 3 is 2.48 bits per heavy atom. The van der Waals surface area contributed by atoms with Crippen molar-refractivity contribution in [3.05, 3.63) is 91.0 Å². The monoisotopic (exact) mass is 458 g/mol. The van der Waals surface area contributed by atoms with Gasteiger partial charge >= 0.3 is 5.69 Å². The highest BCUT2D eigenvalue weighted by atomic mass is 79.9. The molecule has 3 N–H and O–H groups in total. The molecule has 8 heteroatoms. The molecule has 0 radical (unpaired) electrons. The maximum absolute atomic E-state index is 12.7. The Morgan fingerprint density at radius 2 is 1.79 bits per heavy atom. The van der Waals surface area contributed by atoms with Crippen LogP contribution in [-0.2, 0) is 17.8 Å². The number of nitrogens with zero attached hydrogens (tertiary/aromatic N) is 2. The number of ether oxygens (including phenoxy) is 1. The highest BCUT2D eigenvalue weighted by molar-refractivity contribution is 9.10. The van der Waals surface area contributed by atoms with Crippen molar-refractivity contribution in [1.29, 1.82) is 0 Å². The van der Waals surface area contributed by atoms with E-state index < -0.39 is 11.2 Å². The van der Waals surface area contributed by atoms with E-state index in [1.807, 2.05) is 59.5 Å². The van der Waals surface area contributed by atoms with Crippen molar-refractivity contribution in [1.82, 2.24) is 9.55 Å². The zero-order valence-corrected chi connectivity index (χ0v) is 17.7. The number of H-pyrrole nitrogens is 1. The Balaban J connectivity index is 2.05. The molecule has 0 amide bonds. The van der Waals surface area contributed by atoms with E-state index in [9.17, 15) is 9.59 Å². The quantitative estimate of drug-likeness (QED) is 0.540. The van der Waals surface area contributed by atoms with Gasteiger partial charge < -0.3 is 15.4 Å². The molecule has 0 atom stereocenters. The molecule has 2 aromatic carbocycles. The number of aromatic amines is 1. The fraction of sp³-hybridized carbons (Fsp3) is 0.238. The molecule has 1 aromatic heterocycles. The summed E-state index contributed by atoms with van der Waals surface area (Å²) < 4.78 is 7.52. The predicted molar refractivity (Wildman–Crippen MR) is 118 cm³/mol. The van der Waals surface area contributed by atoms with Crippen LogP contribution in [0.5, 0.6) is 0 Å². The Kier molecular flexibility index (Phi) is 6.90. The number of hydrogen-bond donors (Lipinski definition) is 2. The molecule has 3 rings (SSSR count). The van der Waals surface area contributed by atoms with Gasteiger partial charge in [-0.3, -0.25) is 14.3 Å². The van der Waals surface area contributed by atoms with Gasteiger partial charge in [0, 0.05) is 24.7 Å². The van der Waals surface area contributed by atoms with Crippen molar-refractivity contribution in [2.75, 3.05) is 30.9 Å². The Bertz CT molecular complexity index is 1080. The first kappa shape index (κ1) is 20.9. The minimum atomic E-state index is -0.535. The zero-order chi connectivity index (χ0) is 20.8. The maximum Gasteiger partial charge on any atom is 0.330 e. The number of rotatable bonds is 8. The average Bonchev–Trinajstić information content (AvgIpc) is 2.71. The normalized spacial score (nSPS) is 10.8. The number of methoxy groups -OCH3 is 1. The summed E-state index contributed by atoms with van der Waals surface area (Å²) in [5.41, 5.74) is 7.45. The lowest BCUT2D eigenvalue weighted by molar-refractivity contribution is 0.205. The summed E-state index contributed by atoms with van der Waals surface area (Å²) in [6, 6.07) is 17.2. The van der Waals surface area contributed by atoms with Gasteiger partial charge in [-0.25, -0.2) is 4.79 Å². The fourth-order valence-electron chi connectivity index (χ4n) is 3.11. The second-order valence-corrected chi connectivity index (χ2v) is 7.42. The van der Waals surface area contributed by atoms with E-state index in [0.29, 0.717) is 19.7 Å². The molecule has 1 heterocycles. The zero-order valence-electron chi connectivity index (χ0n) is 16.1. The first-order valence-electron chi connectivity index (χ1n) is 9.15. The maximum atomic E-state index is 12.7. The summed E-state index contributed by atoms with van der Waals surface area (Å²) in [4.78, 5) is 29.4. The Morgan fingerprint density at radius 1 is 1.10 bits per heavy atom. The fourth-order valence-corrected chi connectivity index (χ4v) is 3.52. The van der Waals surface area contributed by atoms with Gasteiger partial charge in [0.05, 0.1) is 13.2 Å². The molecule has 0 spiro atoms. The summed E-state index contributed by atoms with van der Waals surface area (Å²) in [5.74, 6) is 0.130. The van der Waals surface area contributed by atoms with Crippen LogP contribution in [0.15, 0.2) is 68.7 Å². The van der Waals surface area contributed by atoms with Gasteiger partial charge in [0.2, 0.25) is 0 Å². The molecule has 152 valence electrons. The second kappa shape index (κ2) is 9.58. The topological polar surface area (TPSA) is 93.3 Å². The molecule has 0 saturated carbocycles. The lowest BCUT2D eigenvalue weighted by Crippen LogP contribution is -2.39. The van der Waals surface area contributed by atoms with Gasteiger partial charge in [-0.15, -0.1) is 0 Å². The van der Waals surface area contributed by atoms with Gasteiger partial charge in [0.25, 0.3) is 5.56 Å². The molecule has 0 aliphatic carbocycles. The van der Waals surface area contributed by atoms with E-state index in [1.54, 1.807) is 7.11 Å².